The minimum Gasteiger partial charge on any atom is -0.346 e. The van der Waals surface area contributed by atoms with Crippen LogP contribution in [0.2, 0.25) is 0 Å². The van der Waals surface area contributed by atoms with Crippen LogP contribution in [0.3, 0.4) is 0 Å². The summed E-state index contributed by atoms with van der Waals surface area (Å²) >= 11 is 0. The van der Waals surface area contributed by atoms with Gasteiger partial charge in [0, 0.05) is 35.6 Å². The molecule has 0 unspecified atom stereocenters. The predicted molar refractivity (Wildman–Crippen MR) is 73.1 cm³/mol. The topological polar surface area (TPSA) is 67.6 Å². The van der Waals surface area contributed by atoms with E-state index >= 15 is 0 Å². The molecule has 0 aromatic carbocycles. The van der Waals surface area contributed by atoms with Crippen molar-refractivity contribution < 1.29 is 0 Å². The SMILES string of the molecule is Cc1[nH]c(CCC(C)(C)N)nc1-c1cccnc1. The van der Waals surface area contributed by atoms with Gasteiger partial charge >= 0.3 is 0 Å². The van der Waals surface area contributed by atoms with E-state index in [9.17, 15) is 0 Å². The summed E-state index contributed by atoms with van der Waals surface area (Å²) in [7, 11) is 0. The van der Waals surface area contributed by atoms with Crippen LogP contribution in [0.1, 0.15) is 31.8 Å². The first-order valence-corrected chi connectivity index (χ1v) is 6.20. The monoisotopic (exact) mass is 244 g/mol. The van der Waals surface area contributed by atoms with Gasteiger partial charge in [0.15, 0.2) is 0 Å². The van der Waals surface area contributed by atoms with Crippen LogP contribution in [0.5, 0.6) is 0 Å². The van der Waals surface area contributed by atoms with Gasteiger partial charge in [-0.15, -0.1) is 0 Å². The lowest BCUT2D eigenvalue weighted by molar-refractivity contribution is 0.472. The molecule has 0 bridgehead atoms. The molecule has 0 aliphatic carbocycles. The first-order valence-electron chi connectivity index (χ1n) is 6.20. The van der Waals surface area contributed by atoms with Crippen molar-refractivity contribution in [3.05, 3.63) is 36.0 Å². The molecule has 96 valence electrons. The van der Waals surface area contributed by atoms with Crippen molar-refractivity contribution in [3.63, 3.8) is 0 Å². The summed E-state index contributed by atoms with van der Waals surface area (Å²) < 4.78 is 0. The van der Waals surface area contributed by atoms with E-state index in [-0.39, 0.29) is 5.54 Å². The van der Waals surface area contributed by atoms with Gasteiger partial charge in [-0.2, -0.15) is 0 Å². The maximum atomic E-state index is 5.99. The molecule has 2 rings (SSSR count). The Balaban J connectivity index is 2.18. The van der Waals surface area contributed by atoms with Crippen molar-refractivity contribution in [2.24, 2.45) is 5.73 Å². The Bertz CT molecular complexity index is 508. The van der Waals surface area contributed by atoms with Crippen molar-refractivity contribution in [2.45, 2.75) is 39.2 Å². The first-order chi connectivity index (χ1) is 8.46. The smallest absolute Gasteiger partial charge is 0.107 e. The summed E-state index contributed by atoms with van der Waals surface area (Å²) in [5.41, 5.74) is 8.93. The van der Waals surface area contributed by atoms with E-state index in [4.69, 9.17) is 5.73 Å². The third-order valence-electron chi connectivity index (χ3n) is 2.87. The second kappa shape index (κ2) is 4.90. The fourth-order valence-corrected chi connectivity index (χ4v) is 1.87. The van der Waals surface area contributed by atoms with Crippen molar-refractivity contribution >= 4 is 0 Å². The number of aromatic nitrogens is 3. The quantitative estimate of drug-likeness (QED) is 0.868. The number of hydrogen-bond acceptors (Lipinski definition) is 3. The Morgan fingerprint density at radius 3 is 2.78 bits per heavy atom. The molecule has 0 amide bonds. The summed E-state index contributed by atoms with van der Waals surface area (Å²) in [5.74, 6) is 0.991. The van der Waals surface area contributed by atoms with E-state index < -0.39 is 0 Å². The number of imidazole rings is 1. The Morgan fingerprint density at radius 1 is 1.39 bits per heavy atom. The summed E-state index contributed by atoms with van der Waals surface area (Å²) in [6, 6.07) is 3.94. The van der Waals surface area contributed by atoms with Gasteiger partial charge in [0.1, 0.15) is 5.82 Å². The van der Waals surface area contributed by atoms with E-state index in [0.717, 1.165) is 35.6 Å². The Kier molecular flexibility index (Phi) is 3.48. The molecular formula is C14H20N4. The van der Waals surface area contributed by atoms with Gasteiger partial charge in [-0.1, -0.05) is 0 Å². The van der Waals surface area contributed by atoms with Crippen LogP contribution < -0.4 is 5.73 Å². The lowest BCUT2D eigenvalue weighted by atomic mass is 10.0. The van der Waals surface area contributed by atoms with Crippen molar-refractivity contribution in [2.75, 3.05) is 0 Å². The molecule has 0 aliphatic heterocycles. The zero-order chi connectivity index (χ0) is 13.2. The molecule has 4 nitrogen and oxygen atoms in total. The van der Waals surface area contributed by atoms with E-state index in [1.807, 2.05) is 39.1 Å². The highest BCUT2D eigenvalue weighted by Crippen LogP contribution is 2.20. The number of nitrogens with two attached hydrogens (primary N) is 1. The zero-order valence-corrected chi connectivity index (χ0v) is 11.2. The van der Waals surface area contributed by atoms with Gasteiger partial charge in [0.05, 0.1) is 5.69 Å². The molecule has 3 N–H and O–H groups in total. The average molecular weight is 244 g/mol. The summed E-state index contributed by atoms with van der Waals surface area (Å²) in [6.45, 7) is 6.10. The lowest BCUT2D eigenvalue weighted by Crippen LogP contribution is -2.32. The fourth-order valence-electron chi connectivity index (χ4n) is 1.87. The molecule has 4 heteroatoms. The molecule has 0 saturated heterocycles. The molecule has 0 spiro atoms. The normalized spacial score (nSPS) is 11.8. The Labute approximate surface area is 108 Å². The van der Waals surface area contributed by atoms with Crippen LogP contribution >= 0.6 is 0 Å². The predicted octanol–water partition coefficient (Wildman–Crippen LogP) is 2.45. The van der Waals surface area contributed by atoms with Crippen LogP contribution in [0, 0.1) is 6.92 Å². The van der Waals surface area contributed by atoms with Crippen LogP contribution in [-0.4, -0.2) is 20.5 Å². The van der Waals surface area contributed by atoms with Crippen molar-refractivity contribution in [1.29, 1.82) is 0 Å². The van der Waals surface area contributed by atoms with E-state index in [2.05, 4.69) is 15.0 Å². The van der Waals surface area contributed by atoms with Gasteiger partial charge in [0.2, 0.25) is 0 Å². The van der Waals surface area contributed by atoms with Crippen LogP contribution in [0.25, 0.3) is 11.3 Å². The van der Waals surface area contributed by atoms with Gasteiger partial charge < -0.3 is 10.7 Å². The first kappa shape index (κ1) is 12.8. The number of nitrogens with one attached hydrogen (secondary N) is 1. The summed E-state index contributed by atoms with van der Waals surface area (Å²) in [6.07, 6.45) is 5.38. The maximum absolute atomic E-state index is 5.99. The number of rotatable bonds is 4. The zero-order valence-electron chi connectivity index (χ0n) is 11.2. The third kappa shape index (κ3) is 3.17. The second-order valence-corrected chi connectivity index (χ2v) is 5.39. The molecule has 0 fully saturated rings. The van der Waals surface area contributed by atoms with E-state index in [0.29, 0.717) is 0 Å². The van der Waals surface area contributed by atoms with Gasteiger partial charge in [0.25, 0.3) is 0 Å². The molecular weight excluding hydrogens is 224 g/mol. The summed E-state index contributed by atoms with van der Waals surface area (Å²) in [5, 5.41) is 0. The van der Waals surface area contributed by atoms with Crippen LogP contribution in [-0.2, 0) is 6.42 Å². The van der Waals surface area contributed by atoms with Crippen molar-refractivity contribution in [1.82, 2.24) is 15.0 Å². The minimum atomic E-state index is -0.158. The second-order valence-electron chi connectivity index (χ2n) is 5.39. The molecule has 0 saturated carbocycles. The standard InChI is InChI=1S/C14H20N4/c1-10-13(11-5-4-8-16-9-11)18-12(17-10)6-7-14(2,3)15/h4-5,8-9H,6-7,15H2,1-3H3,(H,17,18). The van der Waals surface area contributed by atoms with E-state index in [1.165, 1.54) is 0 Å². The van der Waals surface area contributed by atoms with Gasteiger partial charge in [-0.05, 0) is 39.3 Å². The number of aryl methyl sites for hydroxylation is 2. The van der Waals surface area contributed by atoms with Crippen molar-refractivity contribution in [3.8, 4) is 11.3 Å². The number of aromatic amines is 1. The highest BCUT2D eigenvalue weighted by atomic mass is 14.9. The fraction of sp³-hybridized carbons (Fsp3) is 0.429. The Hall–Kier alpha value is -1.68. The molecule has 0 atom stereocenters. The summed E-state index contributed by atoms with van der Waals surface area (Å²) in [4.78, 5) is 12.1. The van der Waals surface area contributed by atoms with Gasteiger partial charge in [-0.25, -0.2) is 4.98 Å². The number of H-pyrrole nitrogens is 1. The molecule has 18 heavy (non-hydrogen) atoms. The number of hydrogen-bond donors (Lipinski definition) is 2. The molecule has 2 aromatic heterocycles. The van der Waals surface area contributed by atoms with Crippen LogP contribution in [0.15, 0.2) is 24.5 Å². The third-order valence-corrected chi connectivity index (χ3v) is 2.87. The molecule has 0 aliphatic rings. The maximum Gasteiger partial charge on any atom is 0.107 e. The molecule has 2 aromatic rings. The van der Waals surface area contributed by atoms with Gasteiger partial charge in [-0.3, -0.25) is 4.98 Å². The molecule has 2 heterocycles. The molecule has 0 radical (unpaired) electrons. The highest BCUT2D eigenvalue weighted by Gasteiger charge is 2.14. The minimum absolute atomic E-state index is 0.158. The number of nitrogens with zero attached hydrogens (tertiary/aromatic N) is 2. The number of pyridine rings is 1. The van der Waals surface area contributed by atoms with Crippen LogP contribution in [0.4, 0.5) is 0 Å². The largest absolute Gasteiger partial charge is 0.346 e. The lowest BCUT2D eigenvalue weighted by Gasteiger charge is -2.16. The highest BCUT2D eigenvalue weighted by molar-refractivity contribution is 5.60. The van der Waals surface area contributed by atoms with E-state index in [1.54, 1.807) is 6.20 Å². The Morgan fingerprint density at radius 2 is 2.17 bits per heavy atom. The average Bonchev–Trinajstić information content (AvgIpc) is 2.68.